The fourth-order valence-corrected chi connectivity index (χ4v) is 3.45. The second-order valence-corrected chi connectivity index (χ2v) is 7.29. The highest BCUT2D eigenvalue weighted by atomic mass is 79.9. The van der Waals surface area contributed by atoms with Gasteiger partial charge in [0.25, 0.3) is 0 Å². The smallest absolute Gasteiger partial charge is 0.122 e. The van der Waals surface area contributed by atoms with Gasteiger partial charge in [0.2, 0.25) is 0 Å². The summed E-state index contributed by atoms with van der Waals surface area (Å²) in [5, 5.41) is 10.8. The zero-order valence-corrected chi connectivity index (χ0v) is 14.8. The molecule has 0 spiro atoms. The Morgan fingerprint density at radius 3 is 2.57 bits per heavy atom. The first-order chi connectivity index (χ1) is 9.95. The minimum atomic E-state index is -0.418. The van der Waals surface area contributed by atoms with Crippen molar-refractivity contribution in [1.29, 1.82) is 0 Å². The first-order valence-corrected chi connectivity index (χ1v) is 8.50. The van der Waals surface area contributed by atoms with Crippen LogP contribution in [0.15, 0.2) is 22.7 Å². The molecule has 3 nitrogen and oxygen atoms in total. The van der Waals surface area contributed by atoms with Crippen LogP contribution in [0, 0.1) is 0 Å². The van der Waals surface area contributed by atoms with Crippen molar-refractivity contribution in [2.24, 2.45) is 0 Å². The molecule has 1 unspecified atom stereocenters. The molecule has 0 radical (unpaired) electrons. The van der Waals surface area contributed by atoms with E-state index in [2.05, 4.69) is 34.7 Å². The third-order valence-corrected chi connectivity index (χ3v) is 5.14. The van der Waals surface area contributed by atoms with Crippen LogP contribution in [0.3, 0.4) is 0 Å². The van der Waals surface area contributed by atoms with Crippen LogP contribution in [-0.2, 0) is 6.42 Å². The molecule has 1 fully saturated rings. The van der Waals surface area contributed by atoms with Gasteiger partial charge in [0, 0.05) is 16.4 Å². The summed E-state index contributed by atoms with van der Waals surface area (Å²) in [6.45, 7) is 6.46. The summed E-state index contributed by atoms with van der Waals surface area (Å²) in [7, 11) is 1.68. The molecule has 1 aromatic rings. The van der Waals surface area contributed by atoms with E-state index >= 15 is 0 Å². The average Bonchev–Trinajstić information content (AvgIpc) is 2.48. The predicted octanol–water partition coefficient (Wildman–Crippen LogP) is 3.63. The van der Waals surface area contributed by atoms with Gasteiger partial charge in [-0.05, 0) is 63.5 Å². The number of rotatable bonds is 5. The quantitative estimate of drug-likeness (QED) is 0.875. The number of benzene rings is 1. The van der Waals surface area contributed by atoms with Gasteiger partial charge in [0.15, 0.2) is 0 Å². The third kappa shape index (κ3) is 3.99. The minimum Gasteiger partial charge on any atom is -0.496 e. The number of halogens is 1. The maximum absolute atomic E-state index is 10.8. The summed E-state index contributed by atoms with van der Waals surface area (Å²) in [5.74, 6) is 0.840. The van der Waals surface area contributed by atoms with Gasteiger partial charge in [-0.2, -0.15) is 0 Å². The lowest BCUT2D eigenvalue weighted by Crippen LogP contribution is -2.54. The number of ether oxygens (including phenoxy) is 1. The van der Waals surface area contributed by atoms with Gasteiger partial charge in [-0.1, -0.05) is 22.4 Å². The minimum absolute atomic E-state index is 0.215. The lowest BCUT2D eigenvalue weighted by atomic mass is 9.88. The molecule has 1 aliphatic heterocycles. The molecule has 4 heteroatoms. The highest BCUT2D eigenvalue weighted by molar-refractivity contribution is 9.10. The highest BCUT2D eigenvalue weighted by Gasteiger charge is 2.35. The molecule has 1 heterocycles. The molecule has 0 aliphatic carbocycles. The highest BCUT2D eigenvalue weighted by Crippen LogP contribution is 2.29. The Balaban J connectivity index is 2.12. The number of methoxy groups -OCH3 is 1. The molecular weight excluding hydrogens is 330 g/mol. The van der Waals surface area contributed by atoms with Gasteiger partial charge in [-0.15, -0.1) is 0 Å². The second-order valence-electron chi connectivity index (χ2n) is 6.38. The maximum Gasteiger partial charge on any atom is 0.122 e. The Bertz CT molecular complexity index is 470. The van der Waals surface area contributed by atoms with Crippen LogP contribution in [0.1, 0.15) is 38.7 Å². The van der Waals surface area contributed by atoms with Crippen LogP contribution >= 0.6 is 15.9 Å². The largest absolute Gasteiger partial charge is 0.496 e. The van der Waals surface area contributed by atoms with E-state index in [0.29, 0.717) is 6.42 Å². The lowest BCUT2D eigenvalue weighted by molar-refractivity contribution is -0.0189. The number of aliphatic hydroxyl groups excluding tert-OH is 1. The second kappa shape index (κ2) is 7.12. The van der Waals surface area contributed by atoms with Crippen molar-refractivity contribution in [2.75, 3.05) is 20.2 Å². The van der Waals surface area contributed by atoms with E-state index in [4.69, 9.17) is 4.74 Å². The van der Waals surface area contributed by atoms with Gasteiger partial charge in [0.1, 0.15) is 5.75 Å². The predicted molar refractivity (Wildman–Crippen MR) is 89.9 cm³/mol. The first kappa shape index (κ1) is 16.8. The average molecular weight is 356 g/mol. The number of hydrogen-bond donors (Lipinski definition) is 1. The molecule has 0 bridgehead atoms. The standard InChI is InChI=1S/C17H26BrNO2/c1-17(2,19-9-5-4-6-10-19)16(20)12-13-11-14(18)7-8-15(13)21-3/h7-8,11,16,20H,4-6,9-10,12H2,1-3H3. The fraction of sp³-hybridized carbons (Fsp3) is 0.647. The van der Waals surface area contributed by atoms with Crippen molar-refractivity contribution in [3.05, 3.63) is 28.2 Å². The molecular formula is C17H26BrNO2. The molecule has 0 aromatic heterocycles. The molecule has 0 amide bonds. The van der Waals surface area contributed by atoms with Crippen molar-refractivity contribution < 1.29 is 9.84 Å². The lowest BCUT2D eigenvalue weighted by Gasteiger charge is -2.44. The van der Waals surface area contributed by atoms with E-state index in [1.165, 1.54) is 19.3 Å². The molecule has 0 saturated carbocycles. The molecule has 2 rings (SSSR count). The van der Waals surface area contributed by atoms with Crippen molar-refractivity contribution in [3.63, 3.8) is 0 Å². The topological polar surface area (TPSA) is 32.7 Å². The Kier molecular flexibility index (Phi) is 5.69. The van der Waals surface area contributed by atoms with Crippen LogP contribution < -0.4 is 4.74 Å². The number of piperidine rings is 1. The van der Waals surface area contributed by atoms with Crippen molar-refractivity contribution >= 4 is 15.9 Å². The number of likely N-dealkylation sites (tertiary alicyclic amines) is 1. The van der Waals surface area contributed by atoms with Crippen molar-refractivity contribution in [3.8, 4) is 5.75 Å². The van der Waals surface area contributed by atoms with Crippen molar-refractivity contribution in [1.82, 2.24) is 4.90 Å². The molecule has 1 aromatic carbocycles. The van der Waals surface area contributed by atoms with Gasteiger partial charge >= 0.3 is 0 Å². The SMILES string of the molecule is COc1ccc(Br)cc1CC(O)C(C)(C)N1CCCCC1. The van der Waals surface area contributed by atoms with Crippen LogP contribution in [0.25, 0.3) is 0 Å². The molecule has 1 aliphatic rings. The Morgan fingerprint density at radius 2 is 1.95 bits per heavy atom. The van der Waals surface area contributed by atoms with Gasteiger partial charge in [0.05, 0.1) is 13.2 Å². The molecule has 118 valence electrons. The summed E-state index contributed by atoms with van der Waals surface area (Å²) >= 11 is 3.49. The normalized spacial score (nSPS) is 18.5. The summed E-state index contributed by atoms with van der Waals surface area (Å²) in [5.41, 5.74) is 0.831. The molecule has 21 heavy (non-hydrogen) atoms. The summed E-state index contributed by atoms with van der Waals surface area (Å²) in [4.78, 5) is 2.42. The monoisotopic (exact) mass is 355 g/mol. The molecule has 1 N–H and O–H groups in total. The van der Waals surface area contributed by atoms with Gasteiger partial charge in [-0.3, -0.25) is 4.90 Å². The van der Waals surface area contributed by atoms with Gasteiger partial charge < -0.3 is 9.84 Å². The summed E-state index contributed by atoms with van der Waals surface area (Å²) in [6.07, 6.45) is 3.96. The van der Waals surface area contributed by atoms with Crippen molar-refractivity contribution in [2.45, 2.75) is 51.2 Å². The third-order valence-electron chi connectivity index (χ3n) is 4.64. The van der Waals surface area contributed by atoms with E-state index in [-0.39, 0.29) is 5.54 Å². The Hall–Kier alpha value is -0.580. The van der Waals surface area contributed by atoms with E-state index in [9.17, 15) is 5.11 Å². The number of nitrogens with zero attached hydrogens (tertiary/aromatic N) is 1. The molecule has 1 atom stereocenters. The van der Waals surface area contributed by atoms with Crippen LogP contribution in [0.5, 0.6) is 5.75 Å². The van der Waals surface area contributed by atoms with E-state index in [1.807, 2.05) is 18.2 Å². The number of aliphatic hydroxyl groups is 1. The van der Waals surface area contributed by atoms with Crippen LogP contribution in [0.2, 0.25) is 0 Å². The Labute approximate surface area is 136 Å². The first-order valence-electron chi connectivity index (χ1n) is 7.70. The van der Waals surface area contributed by atoms with Crippen LogP contribution in [0.4, 0.5) is 0 Å². The molecule has 1 saturated heterocycles. The fourth-order valence-electron chi connectivity index (χ4n) is 3.05. The maximum atomic E-state index is 10.8. The van der Waals surface area contributed by atoms with E-state index in [0.717, 1.165) is 28.9 Å². The van der Waals surface area contributed by atoms with Gasteiger partial charge in [-0.25, -0.2) is 0 Å². The van der Waals surface area contributed by atoms with E-state index < -0.39 is 6.10 Å². The zero-order chi connectivity index (χ0) is 15.5. The summed E-state index contributed by atoms with van der Waals surface area (Å²) < 4.78 is 6.43. The van der Waals surface area contributed by atoms with E-state index in [1.54, 1.807) is 7.11 Å². The Morgan fingerprint density at radius 1 is 1.29 bits per heavy atom. The number of hydrogen-bond acceptors (Lipinski definition) is 3. The zero-order valence-electron chi connectivity index (χ0n) is 13.2. The van der Waals surface area contributed by atoms with Crippen LogP contribution in [-0.4, -0.2) is 41.8 Å². The summed E-state index contributed by atoms with van der Waals surface area (Å²) in [6, 6.07) is 5.94.